The van der Waals surface area contributed by atoms with E-state index in [2.05, 4.69) is 17.1 Å². The molecular weight excluding hydrogens is 250 g/mol. The number of likely N-dealkylation sites (tertiary alicyclic amines) is 2. The van der Waals surface area contributed by atoms with Gasteiger partial charge >= 0.3 is 0 Å². The largest absolute Gasteiger partial charge is 0.342 e. The van der Waals surface area contributed by atoms with E-state index in [1.54, 1.807) is 0 Å². The molecule has 0 aliphatic carbocycles. The number of nitrogens with one attached hydrogen (secondary N) is 1. The quantitative estimate of drug-likeness (QED) is 0.755. The maximum Gasteiger partial charge on any atom is 0.236 e. The summed E-state index contributed by atoms with van der Waals surface area (Å²) in [5.74, 6) is 0.288. The summed E-state index contributed by atoms with van der Waals surface area (Å²) in [5, 5.41) is 3.32. The molecule has 116 valence electrons. The summed E-state index contributed by atoms with van der Waals surface area (Å²) in [6, 6.07) is 0.749. The molecule has 1 N–H and O–H groups in total. The van der Waals surface area contributed by atoms with Crippen LogP contribution in [0.3, 0.4) is 0 Å². The monoisotopic (exact) mass is 281 g/mol. The van der Waals surface area contributed by atoms with Crippen LogP contribution >= 0.6 is 0 Å². The predicted molar refractivity (Wildman–Crippen MR) is 82.8 cm³/mol. The van der Waals surface area contributed by atoms with Crippen LogP contribution in [0.5, 0.6) is 0 Å². The van der Waals surface area contributed by atoms with E-state index in [0.29, 0.717) is 6.54 Å². The second-order valence-electron chi connectivity index (χ2n) is 6.35. The Hall–Kier alpha value is -0.610. The smallest absolute Gasteiger partial charge is 0.236 e. The molecule has 2 aliphatic rings. The van der Waals surface area contributed by atoms with Crippen molar-refractivity contribution in [3.05, 3.63) is 0 Å². The molecule has 4 nitrogen and oxygen atoms in total. The third-order valence-corrected chi connectivity index (χ3v) is 4.72. The maximum absolute atomic E-state index is 12.0. The number of carbonyl (C=O) groups is 1. The molecule has 0 aromatic rings. The van der Waals surface area contributed by atoms with Crippen LogP contribution in [0.15, 0.2) is 0 Å². The van der Waals surface area contributed by atoms with Gasteiger partial charge in [0, 0.05) is 19.1 Å². The van der Waals surface area contributed by atoms with Crippen molar-refractivity contribution in [2.45, 2.75) is 57.9 Å². The Morgan fingerprint density at radius 3 is 2.60 bits per heavy atom. The molecule has 0 radical (unpaired) electrons. The van der Waals surface area contributed by atoms with E-state index in [4.69, 9.17) is 0 Å². The Morgan fingerprint density at radius 1 is 1.10 bits per heavy atom. The van der Waals surface area contributed by atoms with Crippen LogP contribution in [0, 0.1) is 0 Å². The van der Waals surface area contributed by atoms with Crippen LogP contribution in [-0.4, -0.2) is 61.0 Å². The van der Waals surface area contributed by atoms with Crippen molar-refractivity contribution in [2.24, 2.45) is 0 Å². The lowest BCUT2D eigenvalue weighted by Crippen LogP contribution is -2.42. The van der Waals surface area contributed by atoms with Gasteiger partial charge in [-0.15, -0.1) is 0 Å². The zero-order valence-corrected chi connectivity index (χ0v) is 13.1. The lowest BCUT2D eigenvalue weighted by Gasteiger charge is -2.33. The molecule has 1 atom stereocenters. The molecule has 2 rings (SSSR count). The predicted octanol–water partition coefficient (Wildman–Crippen LogP) is 1.85. The van der Waals surface area contributed by atoms with E-state index in [9.17, 15) is 4.79 Å². The van der Waals surface area contributed by atoms with Crippen LogP contribution in [0.4, 0.5) is 0 Å². The Balaban J connectivity index is 1.51. The van der Waals surface area contributed by atoms with Gasteiger partial charge in [-0.3, -0.25) is 4.79 Å². The highest BCUT2D eigenvalue weighted by atomic mass is 16.2. The van der Waals surface area contributed by atoms with Gasteiger partial charge in [-0.05, 0) is 65.1 Å². The molecule has 0 aromatic heterocycles. The zero-order chi connectivity index (χ0) is 14.2. The van der Waals surface area contributed by atoms with Crippen molar-refractivity contribution in [3.63, 3.8) is 0 Å². The minimum atomic E-state index is 0.288. The fraction of sp³-hybridized carbons (Fsp3) is 0.938. The van der Waals surface area contributed by atoms with E-state index in [-0.39, 0.29) is 5.91 Å². The third-order valence-electron chi connectivity index (χ3n) is 4.72. The first-order valence-corrected chi connectivity index (χ1v) is 8.50. The minimum Gasteiger partial charge on any atom is -0.342 e. The summed E-state index contributed by atoms with van der Waals surface area (Å²) in [7, 11) is 0. The molecule has 0 bridgehead atoms. The number of hydrogen-bond donors (Lipinski definition) is 1. The molecule has 4 heteroatoms. The Kier molecular flexibility index (Phi) is 6.80. The Labute approximate surface area is 123 Å². The van der Waals surface area contributed by atoms with Crippen molar-refractivity contribution < 1.29 is 4.79 Å². The van der Waals surface area contributed by atoms with Crippen LogP contribution in [0.1, 0.15) is 51.9 Å². The van der Waals surface area contributed by atoms with E-state index < -0.39 is 0 Å². The number of rotatable bonds is 6. The number of amides is 1. The molecule has 2 heterocycles. The standard InChI is InChI=1S/C16H31N3O/c1-15-8-3-6-10-18(15)13-7-9-17-14-16(20)19-11-4-2-5-12-19/h15,17H,2-14H2,1H3. The van der Waals surface area contributed by atoms with Gasteiger partial charge in [0.1, 0.15) is 0 Å². The molecule has 2 fully saturated rings. The molecular formula is C16H31N3O. The first-order chi connectivity index (χ1) is 9.77. The fourth-order valence-corrected chi connectivity index (χ4v) is 3.35. The summed E-state index contributed by atoms with van der Waals surface area (Å²) in [6.07, 6.45) is 8.88. The van der Waals surface area contributed by atoms with Crippen LogP contribution < -0.4 is 5.32 Å². The average molecular weight is 281 g/mol. The van der Waals surface area contributed by atoms with Gasteiger partial charge in [0.2, 0.25) is 5.91 Å². The summed E-state index contributed by atoms with van der Waals surface area (Å²) < 4.78 is 0. The normalized spacial score (nSPS) is 24.9. The Morgan fingerprint density at radius 2 is 1.85 bits per heavy atom. The number of carbonyl (C=O) groups excluding carboxylic acids is 1. The van der Waals surface area contributed by atoms with Gasteiger partial charge in [-0.1, -0.05) is 6.42 Å². The highest BCUT2D eigenvalue weighted by Crippen LogP contribution is 2.16. The lowest BCUT2D eigenvalue weighted by atomic mass is 10.0. The van der Waals surface area contributed by atoms with Crippen molar-refractivity contribution in [1.29, 1.82) is 0 Å². The van der Waals surface area contributed by atoms with Gasteiger partial charge in [-0.25, -0.2) is 0 Å². The molecule has 0 aromatic carbocycles. The number of piperidine rings is 2. The van der Waals surface area contributed by atoms with E-state index in [1.165, 1.54) is 51.6 Å². The highest BCUT2D eigenvalue weighted by Gasteiger charge is 2.18. The van der Waals surface area contributed by atoms with Crippen LogP contribution in [0.2, 0.25) is 0 Å². The first-order valence-electron chi connectivity index (χ1n) is 8.50. The number of nitrogens with zero attached hydrogens (tertiary/aromatic N) is 2. The van der Waals surface area contributed by atoms with Gasteiger partial charge in [0.15, 0.2) is 0 Å². The summed E-state index contributed by atoms with van der Waals surface area (Å²) >= 11 is 0. The maximum atomic E-state index is 12.0. The van der Waals surface area contributed by atoms with E-state index >= 15 is 0 Å². The van der Waals surface area contributed by atoms with Crippen LogP contribution in [-0.2, 0) is 4.79 Å². The van der Waals surface area contributed by atoms with E-state index in [0.717, 1.165) is 32.1 Å². The van der Waals surface area contributed by atoms with Crippen molar-refractivity contribution in [3.8, 4) is 0 Å². The minimum absolute atomic E-state index is 0.288. The van der Waals surface area contributed by atoms with Crippen molar-refractivity contribution >= 4 is 5.91 Å². The fourth-order valence-electron chi connectivity index (χ4n) is 3.35. The summed E-state index contributed by atoms with van der Waals surface area (Å²) in [5.41, 5.74) is 0. The molecule has 2 aliphatic heterocycles. The second-order valence-corrected chi connectivity index (χ2v) is 6.35. The van der Waals surface area contributed by atoms with Crippen molar-refractivity contribution in [2.75, 3.05) is 39.3 Å². The summed E-state index contributed by atoms with van der Waals surface area (Å²) in [4.78, 5) is 16.6. The Bertz CT molecular complexity index is 289. The zero-order valence-electron chi connectivity index (χ0n) is 13.1. The van der Waals surface area contributed by atoms with Crippen molar-refractivity contribution in [1.82, 2.24) is 15.1 Å². The van der Waals surface area contributed by atoms with Gasteiger partial charge < -0.3 is 15.1 Å². The van der Waals surface area contributed by atoms with Gasteiger partial charge in [0.05, 0.1) is 6.54 Å². The first kappa shape index (κ1) is 15.8. The van der Waals surface area contributed by atoms with Crippen LogP contribution in [0.25, 0.3) is 0 Å². The van der Waals surface area contributed by atoms with E-state index in [1.807, 2.05) is 4.90 Å². The molecule has 20 heavy (non-hydrogen) atoms. The summed E-state index contributed by atoms with van der Waals surface area (Å²) in [6.45, 7) is 8.18. The lowest BCUT2D eigenvalue weighted by molar-refractivity contribution is -0.131. The topological polar surface area (TPSA) is 35.6 Å². The average Bonchev–Trinajstić information content (AvgIpc) is 2.49. The second kappa shape index (κ2) is 8.63. The molecule has 2 saturated heterocycles. The molecule has 1 amide bonds. The molecule has 1 unspecified atom stereocenters. The van der Waals surface area contributed by atoms with Gasteiger partial charge in [0.25, 0.3) is 0 Å². The third kappa shape index (κ3) is 5.06. The van der Waals surface area contributed by atoms with Gasteiger partial charge in [-0.2, -0.15) is 0 Å². The SMILES string of the molecule is CC1CCCCN1CCCNCC(=O)N1CCCCC1. The molecule has 0 saturated carbocycles. The number of hydrogen-bond acceptors (Lipinski definition) is 3. The highest BCUT2D eigenvalue weighted by molar-refractivity contribution is 5.78. The molecule has 0 spiro atoms.